The summed E-state index contributed by atoms with van der Waals surface area (Å²) in [6.45, 7) is 8.59. The number of carbonyl (C=O) groups is 4. The lowest BCUT2D eigenvalue weighted by Gasteiger charge is -2.36. The molecule has 13 nitrogen and oxygen atoms in total. The molecule has 2 N–H and O–H groups in total. The molecule has 1 saturated carbocycles. The van der Waals surface area contributed by atoms with Crippen LogP contribution in [0.25, 0.3) is 0 Å². The number of rotatable bonds is 12. The molecule has 0 unspecified atom stereocenters. The van der Waals surface area contributed by atoms with Crippen molar-refractivity contribution in [3.05, 3.63) is 53.2 Å². The maximum absolute atomic E-state index is 14.1. The van der Waals surface area contributed by atoms with E-state index in [0.717, 1.165) is 75.1 Å². The molecule has 258 valence electrons. The standard InChI is InChI=1S/C34H47N9O4S/c1-23(2)43-29(15-16-36-43)42(22-44)31(26-9-7-5-6-8-10-26)33(46)37-27-13-11-25(12-14-27)24(3)30(38-32(45)28-21-35-39-48-28)34(47)41-19-17-40(4)18-20-41/h11-16,21-24,26,30-31H,5-10,17-20H2,1-4H3,(H,37,46)(H,38,45)/t24-,30+,31-/m0/s1. The van der Waals surface area contributed by atoms with Crippen LogP contribution < -0.4 is 15.5 Å². The first-order valence-electron chi connectivity index (χ1n) is 16.9. The number of anilines is 2. The minimum absolute atomic E-state index is 0.00575. The summed E-state index contributed by atoms with van der Waals surface area (Å²) in [6.07, 6.45) is 9.80. The lowest BCUT2D eigenvalue weighted by atomic mass is 9.89. The summed E-state index contributed by atoms with van der Waals surface area (Å²) in [4.78, 5) is 59.5. The molecular weight excluding hydrogens is 630 g/mol. The predicted molar refractivity (Wildman–Crippen MR) is 185 cm³/mol. The second kappa shape index (κ2) is 16.3. The molecule has 0 bridgehead atoms. The number of aromatic nitrogens is 4. The van der Waals surface area contributed by atoms with Crippen LogP contribution in [0, 0.1) is 5.92 Å². The molecule has 1 saturated heterocycles. The quantitative estimate of drug-likeness (QED) is 0.217. The fourth-order valence-electron chi connectivity index (χ4n) is 6.75. The van der Waals surface area contributed by atoms with Crippen molar-refractivity contribution in [2.75, 3.05) is 43.4 Å². The Bertz CT molecular complexity index is 1510. The Hall–Kier alpha value is -4.17. The SMILES string of the molecule is CC(C)n1nccc1N(C=O)[C@H](C(=O)Nc1ccc([C@H](C)[C@@H](NC(=O)c2cnns2)C(=O)N2CCN(C)CC2)cc1)C1CCCCCC1. The maximum Gasteiger partial charge on any atom is 0.265 e. The van der Waals surface area contributed by atoms with Crippen molar-refractivity contribution in [3.8, 4) is 0 Å². The molecule has 2 aromatic heterocycles. The van der Waals surface area contributed by atoms with Crippen LogP contribution in [0.3, 0.4) is 0 Å². The van der Waals surface area contributed by atoms with Gasteiger partial charge in [-0.1, -0.05) is 49.2 Å². The average Bonchev–Trinajstić information content (AvgIpc) is 3.74. The molecule has 5 rings (SSSR count). The Kier molecular flexibility index (Phi) is 11.9. The monoisotopic (exact) mass is 677 g/mol. The molecule has 14 heteroatoms. The molecular formula is C34H47N9O4S. The van der Waals surface area contributed by atoms with E-state index in [-0.39, 0.29) is 29.7 Å². The molecule has 2 fully saturated rings. The normalized spacial score (nSPS) is 18.1. The number of benzene rings is 1. The van der Waals surface area contributed by atoms with Gasteiger partial charge in [0.15, 0.2) is 0 Å². The lowest BCUT2D eigenvalue weighted by molar-refractivity contribution is -0.135. The molecule has 0 radical (unpaired) electrons. The van der Waals surface area contributed by atoms with Gasteiger partial charge in [0.1, 0.15) is 22.8 Å². The van der Waals surface area contributed by atoms with Crippen molar-refractivity contribution in [1.29, 1.82) is 0 Å². The van der Waals surface area contributed by atoms with Gasteiger partial charge in [-0.3, -0.25) is 24.1 Å². The van der Waals surface area contributed by atoms with E-state index in [4.69, 9.17) is 0 Å². The van der Waals surface area contributed by atoms with Gasteiger partial charge in [-0.2, -0.15) is 5.10 Å². The molecule has 1 aliphatic carbocycles. The minimum Gasteiger partial charge on any atom is -0.339 e. The van der Waals surface area contributed by atoms with Crippen molar-refractivity contribution in [3.63, 3.8) is 0 Å². The Morgan fingerprint density at radius 2 is 1.67 bits per heavy atom. The fourth-order valence-corrected chi connectivity index (χ4v) is 7.17. The van der Waals surface area contributed by atoms with Crippen LogP contribution in [0.2, 0.25) is 0 Å². The van der Waals surface area contributed by atoms with Gasteiger partial charge in [0.05, 0.1) is 12.4 Å². The number of hydrogen-bond acceptors (Lipinski definition) is 9. The lowest BCUT2D eigenvalue weighted by Crippen LogP contribution is -2.55. The van der Waals surface area contributed by atoms with Crippen molar-refractivity contribution in [2.45, 2.75) is 83.3 Å². The molecule has 3 atom stereocenters. The van der Waals surface area contributed by atoms with E-state index in [1.807, 2.05) is 52.1 Å². The van der Waals surface area contributed by atoms with Gasteiger partial charge in [-0.15, -0.1) is 5.10 Å². The summed E-state index contributed by atoms with van der Waals surface area (Å²) in [6, 6.07) is 7.65. The third kappa shape index (κ3) is 8.27. The van der Waals surface area contributed by atoms with Crippen molar-refractivity contribution >= 4 is 47.2 Å². The zero-order valence-corrected chi connectivity index (χ0v) is 29.1. The summed E-state index contributed by atoms with van der Waals surface area (Å²) in [7, 11) is 2.02. The second-order valence-electron chi connectivity index (χ2n) is 13.2. The van der Waals surface area contributed by atoms with Crippen LogP contribution in [0.15, 0.2) is 42.7 Å². The summed E-state index contributed by atoms with van der Waals surface area (Å²) < 4.78 is 5.56. The van der Waals surface area contributed by atoms with Gasteiger partial charge in [-0.05, 0) is 68.9 Å². The number of hydrogen-bond donors (Lipinski definition) is 2. The molecule has 1 aliphatic heterocycles. The Morgan fingerprint density at radius 3 is 2.27 bits per heavy atom. The summed E-state index contributed by atoms with van der Waals surface area (Å²) in [5.41, 5.74) is 1.42. The number of likely N-dealkylation sites (N-methyl/N-ethyl adjacent to an activating group) is 1. The van der Waals surface area contributed by atoms with Crippen LogP contribution in [-0.4, -0.2) is 98.6 Å². The number of amides is 4. The van der Waals surface area contributed by atoms with Gasteiger partial charge < -0.3 is 20.4 Å². The second-order valence-corrected chi connectivity index (χ2v) is 14.0. The van der Waals surface area contributed by atoms with E-state index in [1.165, 1.54) is 6.20 Å². The third-order valence-corrected chi connectivity index (χ3v) is 10.3. The molecule has 3 aromatic rings. The summed E-state index contributed by atoms with van der Waals surface area (Å²) in [5.74, 6) is -0.546. The number of nitrogens with one attached hydrogen (secondary N) is 2. The van der Waals surface area contributed by atoms with E-state index < -0.39 is 18.0 Å². The fraction of sp³-hybridized carbons (Fsp3) is 0.559. The molecule has 48 heavy (non-hydrogen) atoms. The molecule has 0 spiro atoms. The van der Waals surface area contributed by atoms with Gasteiger partial charge in [0.25, 0.3) is 5.91 Å². The number of carbonyl (C=O) groups excluding carboxylic acids is 4. The highest BCUT2D eigenvalue weighted by Crippen LogP contribution is 2.32. The van der Waals surface area contributed by atoms with E-state index in [9.17, 15) is 19.2 Å². The van der Waals surface area contributed by atoms with E-state index in [1.54, 1.807) is 26.7 Å². The van der Waals surface area contributed by atoms with Crippen molar-refractivity contribution < 1.29 is 19.2 Å². The van der Waals surface area contributed by atoms with E-state index >= 15 is 0 Å². The van der Waals surface area contributed by atoms with Crippen LogP contribution >= 0.6 is 11.5 Å². The van der Waals surface area contributed by atoms with Gasteiger partial charge in [0.2, 0.25) is 18.2 Å². The van der Waals surface area contributed by atoms with Gasteiger partial charge in [0, 0.05) is 49.9 Å². The maximum atomic E-state index is 14.1. The first kappa shape index (κ1) is 35.1. The molecule has 4 amide bonds. The van der Waals surface area contributed by atoms with Crippen LogP contribution in [0.1, 0.15) is 86.5 Å². The largest absolute Gasteiger partial charge is 0.339 e. The van der Waals surface area contributed by atoms with Gasteiger partial charge >= 0.3 is 0 Å². The van der Waals surface area contributed by atoms with Crippen molar-refractivity contribution in [1.82, 2.24) is 34.5 Å². The van der Waals surface area contributed by atoms with Crippen LogP contribution in [0.4, 0.5) is 11.5 Å². The number of nitrogens with zero attached hydrogens (tertiary/aromatic N) is 7. The van der Waals surface area contributed by atoms with Gasteiger partial charge in [-0.25, -0.2) is 4.68 Å². The van der Waals surface area contributed by atoms with Crippen molar-refractivity contribution in [2.24, 2.45) is 5.92 Å². The van der Waals surface area contributed by atoms with Crippen LogP contribution in [0.5, 0.6) is 0 Å². The first-order chi connectivity index (χ1) is 23.2. The molecule has 3 heterocycles. The number of piperazine rings is 1. The highest BCUT2D eigenvalue weighted by Gasteiger charge is 2.37. The summed E-state index contributed by atoms with van der Waals surface area (Å²) in [5, 5.41) is 14.2. The smallest absolute Gasteiger partial charge is 0.265 e. The summed E-state index contributed by atoms with van der Waals surface area (Å²) >= 11 is 0.979. The predicted octanol–water partition coefficient (Wildman–Crippen LogP) is 3.93. The van der Waals surface area contributed by atoms with Crippen LogP contribution in [-0.2, 0) is 14.4 Å². The third-order valence-electron chi connectivity index (χ3n) is 9.59. The molecule has 1 aromatic carbocycles. The first-order valence-corrected chi connectivity index (χ1v) is 17.7. The highest BCUT2D eigenvalue weighted by molar-refractivity contribution is 7.07. The van der Waals surface area contributed by atoms with E-state index in [2.05, 4.69) is 30.2 Å². The zero-order chi connectivity index (χ0) is 34.2. The topological polar surface area (TPSA) is 146 Å². The average molecular weight is 678 g/mol. The zero-order valence-electron chi connectivity index (χ0n) is 28.2. The Morgan fingerprint density at radius 1 is 0.979 bits per heavy atom. The Balaban J connectivity index is 1.36. The minimum atomic E-state index is -0.810. The van der Waals surface area contributed by atoms with E-state index in [0.29, 0.717) is 29.5 Å². The Labute approximate surface area is 286 Å². The molecule has 2 aliphatic rings. The highest BCUT2D eigenvalue weighted by atomic mass is 32.1.